The Morgan fingerprint density at radius 1 is 1.08 bits per heavy atom. The Hall–Kier alpha value is -2.46. The van der Waals surface area contributed by atoms with Crippen LogP contribution in [0.2, 0.25) is 0 Å². The number of nitrogens with one attached hydrogen (secondary N) is 1. The van der Waals surface area contributed by atoms with Crippen LogP contribution in [-0.4, -0.2) is 24.7 Å². The molecule has 0 amide bonds. The van der Waals surface area contributed by atoms with Crippen molar-refractivity contribution in [1.82, 2.24) is 4.98 Å². The Kier molecular flexibility index (Phi) is 5.29. The second kappa shape index (κ2) is 7.62. The fourth-order valence-corrected chi connectivity index (χ4v) is 3.21. The van der Waals surface area contributed by atoms with Crippen molar-refractivity contribution in [2.24, 2.45) is 5.73 Å². The maximum Gasteiger partial charge on any atom is 0.119 e. The molecular formula is C21H26N2O2. The van der Waals surface area contributed by atoms with Crippen molar-refractivity contribution in [1.29, 1.82) is 0 Å². The Labute approximate surface area is 149 Å². The first-order chi connectivity index (χ1) is 12.1. The topological polar surface area (TPSA) is 60.3 Å². The third-order valence-electron chi connectivity index (χ3n) is 4.40. The van der Waals surface area contributed by atoms with Crippen LogP contribution in [0.3, 0.4) is 0 Å². The number of nitrogens with two attached hydrogens (primary N) is 1. The van der Waals surface area contributed by atoms with E-state index >= 15 is 0 Å². The van der Waals surface area contributed by atoms with Gasteiger partial charge in [0.05, 0.1) is 13.2 Å². The molecular weight excluding hydrogens is 312 g/mol. The van der Waals surface area contributed by atoms with E-state index in [2.05, 4.69) is 29.4 Å². The summed E-state index contributed by atoms with van der Waals surface area (Å²) in [4.78, 5) is 3.34. The molecule has 1 heterocycles. The summed E-state index contributed by atoms with van der Waals surface area (Å²) in [7, 11) is 1.69. The lowest BCUT2D eigenvalue weighted by molar-refractivity contribution is 0.242. The molecule has 2 aromatic carbocycles. The zero-order valence-corrected chi connectivity index (χ0v) is 15.1. The summed E-state index contributed by atoms with van der Waals surface area (Å²) in [5.74, 6) is 2.00. The number of ether oxygens (including phenoxy) is 2. The number of methoxy groups -OCH3 is 1. The molecule has 0 bridgehead atoms. The molecule has 0 aliphatic heterocycles. The van der Waals surface area contributed by atoms with Gasteiger partial charge in [0.2, 0.25) is 0 Å². The molecule has 1 atom stereocenters. The number of hydrogen-bond donors (Lipinski definition) is 2. The second-order valence-electron chi connectivity index (χ2n) is 6.61. The summed E-state index contributed by atoms with van der Waals surface area (Å²) >= 11 is 0. The first-order valence-electron chi connectivity index (χ1n) is 8.71. The molecule has 4 nitrogen and oxygen atoms in total. The average Bonchev–Trinajstić information content (AvgIpc) is 3.02. The minimum Gasteiger partial charge on any atom is -0.497 e. The Morgan fingerprint density at radius 3 is 2.64 bits per heavy atom. The normalized spacial score (nSPS) is 12.5. The molecule has 0 spiro atoms. The van der Waals surface area contributed by atoms with Crippen LogP contribution in [0.1, 0.15) is 30.9 Å². The molecule has 1 aromatic heterocycles. The van der Waals surface area contributed by atoms with Crippen LogP contribution in [0.5, 0.6) is 11.5 Å². The van der Waals surface area contributed by atoms with Crippen LogP contribution in [0.4, 0.5) is 0 Å². The molecule has 0 saturated carbocycles. The van der Waals surface area contributed by atoms with Gasteiger partial charge in [0.25, 0.3) is 0 Å². The van der Waals surface area contributed by atoms with Gasteiger partial charge in [-0.1, -0.05) is 12.1 Å². The number of aromatic nitrogens is 1. The van der Waals surface area contributed by atoms with Crippen LogP contribution < -0.4 is 15.2 Å². The highest BCUT2D eigenvalue weighted by atomic mass is 16.5. The van der Waals surface area contributed by atoms with Crippen LogP contribution in [0.25, 0.3) is 10.9 Å². The highest BCUT2D eigenvalue weighted by molar-refractivity contribution is 5.85. The summed E-state index contributed by atoms with van der Waals surface area (Å²) < 4.78 is 11.2. The van der Waals surface area contributed by atoms with Gasteiger partial charge in [-0.2, -0.15) is 0 Å². The SMILES string of the molecule is COc1ccc2[nH]cc(C(CN)Cc3cccc(OC(C)C)c3)c2c1. The predicted molar refractivity (Wildman–Crippen MR) is 103 cm³/mol. The van der Waals surface area contributed by atoms with E-state index in [0.29, 0.717) is 6.54 Å². The van der Waals surface area contributed by atoms with Crippen LogP contribution in [0.15, 0.2) is 48.7 Å². The largest absolute Gasteiger partial charge is 0.497 e. The monoisotopic (exact) mass is 338 g/mol. The van der Waals surface area contributed by atoms with E-state index in [1.165, 1.54) is 16.5 Å². The smallest absolute Gasteiger partial charge is 0.119 e. The van der Waals surface area contributed by atoms with Crippen molar-refractivity contribution in [3.63, 3.8) is 0 Å². The van der Waals surface area contributed by atoms with E-state index in [0.717, 1.165) is 23.4 Å². The molecule has 0 saturated heterocycles. The summed E-state index contributed by atoms with van der Waals surface area (Å²) in [5.41, 5.74) is 9.67. The molecule has 3 rings (SSSR count). The van der Waals surface area contributed by atoms with Gasteiger partial charge in [-0.3, -0.25) is 0 Å². The molecule has 0 aliphatic carbocycles. The molecule has 25 heavy (non-hydrogen) atoms. The number of hydrogen-bond acceptors (Lipinski definition) is 3. The zero-order valence-electron chi connectivity index (χ0n) is 15.1. The maximum atomic E-state index is 6.12. The molecule has 3 N–H and O–H groups in total. The lowest BCUT2D eigenvalue weighted by Gasteiger charge is -2.16. The molecule has 4 heteroatoms. The molecule has 132 valence electrons. The summed E-state index contributed by atoms with van der Waals surface area (Å²) in [5, 5.41) is 1.17. The van der Waals surface area contributed by atoms with Crippen molar-refractivity contribution in [3.8, 4) is 11.5 Å². The number of benzene rings is 2. The molecule has 0 radical (unpaired) electrons. The highest BCUT2D eigenvalue weighted by Crippen LogP contribution is 2.31. The Morgan fingerprint density at radius 2 is 1.92 bits per heavy atom. The average molecular weight is 338 g/mol. The van der Waals surface area contributed by atoms with Gasteiger partial charge in [0.15, 0.2) is 0 Å². The van der Waals surface area contributed by atoms with E-state index in [1.807, 2.05) is 38.1 Å². The van der Waals surface area contributed by atoms with Crippen LogP contribution in [-0.2, 0) is 6.42 Å². The Bertz CT molecular complexity index is 839. The summed E-state index contributed by atoms with van der Waals surface area (Å²) in [6.45, 7) is 4.66. The number of aromatic amines is 1. The predicted octanol–water partition coefficient (Wildman–Crippen LogP) is 4.25. The van der Waals surface area contributed by atoms with E-state index in [9.17, 15) is 0 Å². The van der Waals surface area contributed by atoms with Gasteiger partial charge in [-0.05, 0) is 68.3 Å². The van der Waals surface area contributed by atoms with Crippen LogP contribution in [0, 0.1) is 0 Å². The Balaban J connectivity index is 1.88. The minimum atomic E-state index is 0.168. The number of fused-ring (bicyclic) bond motifs is 1. The zero-order chi connectivity index (χ0) is 17.8. The second-order valence-corrected chi connectivity index (χ2v) is 6.61. The van der Waals surface area contributed by atoms with Gasteiger partial charge in [0.1, 0.15) is 11.5 Å². The van der Waals surface area contributed by atoms with Gasteiger partial charge in [-0.15, -0.1) is 0 Å². The van der Waals surface area contributed by atoms with E-state index in [-0.39, 0.29) is 12.0 Å². The van der Waals surface area contributed by atoms with Crippen molar-refractivity contribution in [3.05, 3.63) is 59.8 Å². The van der Waals surface area contributed by atoms with Crippen LogP contribution >= 0.6 is 0 Å². The summed E-state index contributed by atoms with van der Waals surface area (Å²) in [6, 6.07) is 14.4. The van der Waals surface area contributed by atoms with E-state index in [1.54, 1.807) is 7.11 Å². The van der Waals surface area contributed by atoms with Gasteiger partial charge >= 0.3 is 0 Å². The van der Waals surface area contributed by atoms with Gasteiger partial charge in [-0.25, -0.2) is 0 Å². The number of H-pyrrole nitrogens is 1. The fourth-order valence-electron chi connectivity index (χ4n) is 3.21. The summed E-state index contributed by atoms with van der Waals surface area (Å²) in [6.07, 6.45) is 3.10. The lowest BCUT2D eigenvalue weighted by atomic mass is 9.91. The molecule has 0 fully saturated rings. The molecule has 3 aromatic rings. The standard InChI is InChI=1S/C21H26N2O2/c1-14(2)25-18-6-4-5-15(10-18)9-16(12-22)20-13-23-21-8-7-17(24-3)11-19(20)21/h4-8,10-11,13-14,16,23H,9,12,22H2,1-3H3. The van der Waals surface area contributed by atoms with Crippen molar-refractivity contribution in [2.45, 2.75) is 32.3 Å². The van der Waals surface area contributed by atoms with Gasteiger partial charge in [0, 0.05) is 23.0 Å². The van der Waals surface area contributed by atoms with Crippen molar-refractivity contribution < 1.29 is 9.47 Å². The third-order valence-corrected chi connectivity index (χ3v) is 4.40. The number of rotatable bonds is 7. The molecule has 1 unspecified atom stereocenters. The minimum absolute atomic E-state index is 0.168. The first-order valence-corrected chi connectivity index (χ1v) is 8.71. The lowest BCUT2D eigenvalue weighted by Crippen LogP contribution is -2.15. The first kappa shape index (κ1) is 17.4. The van der Waals surface area contributed by atoms with E-state index < -0.39 is 0 Å². The van der Waals surface area contributed by atoms with Crippen molar-refractivity contribution >= 4 is 10.9 Å². The quantitative estimate of drug-likeness (QED) is 0.677. The van der Waals surface area contributed by atoms with E-state index in [4.69, 9.17) is 15.2 Å². The van der Waals surface area contributed by atoms with Crippen molar-refractivity contribution in [2.75, 3.05) is 13.7 Å². The fraction of sp³-hybridized carbons (Fsp3) is 0.333. The highest BCUT2D eigenvalue weighted by Gasteiger charge is 2.16. The third kappa shape index (κ3) is 3.97. The van der Waals surface area contributed by atoms with Gasteiger partial charge < -0.3 is 20.2 Å². The molecule has 0 aliphatic rings. The maximum absolute atomic E-state index is 6.12.